The fourth-order valence-corrected chi connectivity index (χ4v) is 0.284. The Morgan fingerprint density at radius 3 is 2.50 bits per heavy atom. The van der Waals surface area contributed by atoms with Gasteiger partial charge in [-0.3, -0.25) is 0 Å². The van der Waals surface area contributed by atoms with Crippen LogP contribution in [0.2, 0.25) is 0 Å². The molecule has 0 fully saturated rings. The van der Waals surface area contributed by atoms with Crippen molar-refractivity contribution in [1.82, 2.24) is 0 Å². The number of nitrogens with zero attached hydrogens (tertiary/aromatic N) is 1. The SMILES string of the molecule is C=CN=C[CH]=[Pt]. The van der Waals surface area contributed by atoms with Crippen molar-refractivity contribution in [2.75, 3.05) is 0 Å². The third kappa shape index (κ3) is 3.97. The van der Waals surface area contributed by atoms with Gasteiger partial charge in [0.25, 0.3) is 0 Å². The van der Waals surface area contributed by atoms with Gasteiger partial charge in [0.05, 0.1) is 0 Å². The molecule has 0 aromatic carbocycles. The van der Waals surface area contributed by atoms with E-state index in [0.29, 0.717) is 0 Å². The predicted octanol–water partition coefficient (Wildman–Crippen LogP) is 0.550. The number of hydrogen-bond acceptors (Lipinski definition) is 1. The Hall–Kier alpha value is -0.0317. The maximum atomic E-state index is 3.67. The Kier molecular flexibility index (Phi) is 4.94. The third-order valence-electron chi connectivity index (χ3n) is 0.239. The van der Waals surface area contributed by atoms with Gasteiger partial charge in [0.2, 0.25) is 0 Å². The number of rotatable bonds is 2. The number of aliphatic imine (C=N–C) groups is 1. The normalized spacial score (nSPS) is 9.00. The first-order valence-electron chi connectivity index (χ1n) is 1.44. The molecule has 0 bridgehead atoms. The van der Waals surface area contributed by atoms with Crippen molar-refractivity contribution in [2.45, 2.75) is 0 Å². The molecule has 0 saturated heterocycles. The molecule has 0 radical (unpaired) electrons. The molecule has 0 atom stereocenters. The second-order valence-corrected chi connectivity index (χ2v) is 1.34. The van der Waals surface area contributed by atoms with E-state index in [1.54, 1.807) is 6.21 Å². The van der Waals surface area contributed by atoms with Gasteiger partial charge < -0.3 is 0 Å². The maximum absolute atomic E-state index is 3.67. The van der Waals surface area contributed by atoms with Gasteiger partial charge in [0, 0.05) is 0 Å². The molecule has 0 aromatic rings. The molecule has 1 nitrogen and oxygen atoms in total. The van der Waals surface area contributed by atoms with Crippen LogP contribution >= 0.6 is 0 Å². The molecule has 0 spiro atoms. The average Bonchev–Trinajstić information content (AvgIpc) is 1.61. The first kappa shape index (κ1) is 5.97. The topological polar surface area (TPSA) is 12.4 Å². The summed E-state index contributed by atoms with van der Waals surface area (Å²) in [6.07, 6.45) is 3.17. The Balaban J connectivity index is 3.17. The molecule has 2 heteroatoms. The van der Waals surface area contributed by atoms with Crippen LogP contribution < -0.4 is 0 Å². The Morgan fingerprint density at radius 2 is 2.33 bits per heavy atom. The van der Waals surface area contributed by atoms with Crippen LogP contribution in [-0.2, 0) is 19.4 Å². The van der Waals surface area contributed by atoms with Crippen molar-refractivity contribution in [1.29, 1.82) is 0 Å². The molecular formula is C4H5NPt. The van der Waals surface area contributed by atoms with E-state index in [-0.39, 0.29) is 0 Å². The molecule has 0 unspecified atom stereocenters. The van der Waals surface area contributed by atoms with Crippen molar-refractivity contribution in [2.24, 2.45) is 4.99 Å². The Morgan fingerprint density at radius 1 is 1.67 bits per heavy atom. The zero-order chi connectivity index (χ0) is 4.83. The third-order valence-corrected chi connectivity index (χ3v) is 0.577. The van der Waals surface area contributed by atoms with Crippen molar-refractivity contribution < 1.29 is 19.4 Å². The summed E-state index contributed by atoms with van der Waals surface area (Å²) in [6.45, 7) is 3.38. The second kappa shape index (κ2) is 4.97. The van der Waals surface area contributed by atoms with Gasteiger partial charge in [-0.2, -0.15) is 0 Å². The van der Waals surface area contributed by atoms with Gasteiger partial charge in [-0.25, -0.2) is 0 Å². The molecule has 0 rings (SSSR count). The summed E-state index contributed by atoms with van der Waals surface area (Å²) in [5, 5.41) is 0. The minimum atomic E-state index is 1.50. The molecule has 0 amide bonds. The van der Waals surface area contributed by atoms with Crippen LogP contribution in [0.5, 0.6) is 0 Å². The summed E-state index contributed by atoms with van der Waals surface area (Å²) < 4.78 is 1.82. The first-order chi connectivity index (χ1) is 2.91. The van der Waals surface area contributed by atoms with Crippen LogP contribution in [0.1, 0.15) is 0 Å². The van der Waals surface area contributed by atoms with E-state index >= 15 is 0 Å². The Bertz CT molecular complexity index is 65.6. The van der Waals surface area contributed by atoms with E-state index in [2.05, 4.69) is 30.9 Å². The van der Waals surface area contributed by atoms with Crippen LogP contribution in [0.4, 0.5) is 0 Å². The van der Waals surface area contributed by atoms with Gasteiger partial charge in [-0.15, -0.1) is 0 Å². The van der Waals surface area contributed by atoms with Gasteiger partial charge in [-0.1, -0.05) is 0 Å². The summed E-state index contributed by atoms with van der Waals surface area (Å²) in [5.41, 5.74) is 0. The minimum absolute atomic E-state index is 1.50. The summed E-state index contributed by atoms with van der Waals surface area (Å²) in [4.78, 5) is 3.67. The molecule has 0 aromatic heterocycles. The van der Waals surface area contributed by atoms with Crippen LogP contribution in [0.3, 0.4) is 0 Å². The molecule has 0 aliphatic carbocycles. The molecule has 0 aliphatic rings. The molecular weight excluding hydrogens is 257 g/mol. The van der Waals surface area contributed by atoms with Crippen LogP contribution in [0.15, 0.2) is 17.8 Å². The molecule has 0 saturated carbocycles. The molecule has 6 heavy (non-hydrogen) atoms. The monoisotopic (exact) mass is 262 g/mol. The first-order valence-corrected chi connectivity index (χ1v) is 2.75. The zero-order valence-electron chi connectivity index (χ0n) is 3.20. The summed E-state index contributed by atoms with van der Waals surface area (Å²) >= 11 is 2.08. The summed E-state index contributed by atoms with van der Waals surface area (Å²) in [7, 11) is 0. The van der Waals surface area contributed by atoms with Crippen molar-refractivity contribution in [3.8, 4) is 0 Å². The van der Waals surface area contributed by atoms with Crippen molar-refractivity contribution in [3.05, 3.63) is 12.8 Å². The van der Waals surface area contributed by atoms with Crippen molar-refractivity contribution in [3.63, 3.8) is 0 Å². The zero-order valence-corrected chi connectivity index (χ0v) is 5.47. The molecule has 0 N–H and O–H groups in total. The molecule has 0 aliphatic heterocycles. The average molecular weight is 262 g/mol. The van der Waals surface area contributed by atoms with Crippen LogP contribution in [-0.4, -0.2) is 10.6 Å². The van der Waals surface area contributed by atoms with E-state index in [1.165, 1.54) is 6.20 Å². The number of hydrogen-bond donors (Lipinski definition) is 0. The van der Waals surface area contributed by atoms with E-state index in [4.69, 9.17) is 0 Å². The van der Waals surface area contributed by atoms with E-state index < -0.39 is 0 Å². The fraction of sp³-hybridized carbons (Fsp3) is 0. The van der Waals surface area contributed by atoms with Gasteiger partial charge in [0.1, 0.15) is 0 Å². The quantitative estimate of drug-likeness (QED) is 0.644. The van der Waals surface area contributed by atoms with Crippen LogP contribution in [0, 0.1) is 0 Å². The van der Waals surface area contributed by atoms with Gasteiger partial charge >= 0.3 is 47.7 Å². The van der Waals surface area contributed by atoms with E-state index in [1.807, 2.05) is 4.40 Å². The fourth-order valence-electron chi connectivity index (χ4n) is 0.0881. The van der Waals surface area contributed by atoms with Crippen molar-refractivity contribution >= 4 is 10.6 Å². The summed E-state index contributed by atoms with van der Waals surface area (Å²) in [5.74, 6) is 0. The van der Waals surface area contributed by atoms with Gasteiger partial charge in [0.15, 0.2) is 0 Å². The van der Waals surface area contributed by atoms with Gasteiger partial charge in [-0.05, 0) is 0 Å². The molecule has 36 valence electrons. The van der Waals surface area contributed by atoms with Crippen LogP contribution in [0.25, 0.3) is 0 Å². The van der Waals surface area contributed by atoms with E-state index in [0.717, 1.165) is 0 Å². The Labute approximate surface area is 48.2 Å². The standard InChI is InChI=1S/C4H5N.Pt/c1-3-5-4-2;/h1,3-4H,2H2;. The molecule has 0 heterocycles. The van der Waals surface area contributed by atoms with E-state index in [9.17, 15) is 0 Å². The summed E-state index contributed by atoms with van der Waals surface area (Å²) in [6, 6.07) is 0. The second-order valence-electron chi connectivity index (χ2n) is 0.586. The predicted molar refractivity (Wildman–Crippen MR) is 24.8 cm³/mol.